The number of hydrogen-bond acceptors (Lipinski definition) is 3. The number of esters is 1. The van der Waals surface area contributed by atoms with Crippen LogP contribution in [0.5, 0.6) is 11.5 Å². The molecule has 0 fully saturated rings. The van der Waals surface area contributed by atoms with Gasteiger partial charge in [-0.1, -0.05) is 83.6 Å². The number of hydrogen-bond donors (Lipinski definition) is 0. The highest BCUT2D eigenvalue weighted by Gasteiger charge is 2.10. The number of carbonyl (C=O) groups excluding carboxylic acids is 1. The molecule has 1 unspecified atom stereocenters. The van der Waals surface area contributed by atoms with Crippen LogP contribution in [-0.4, -0.2) is 12.6 Å². The summed E-state index contributed by atoms with van der Waals surface area (Å²) in [5.74, 6) is 1.70. The number of unbranched alkanes of at least 4 members (excludes halogenated alkanes) is 5. The van der Waals surface area contributed by atoms with Gasteiger partial charge in [0, 0.05) is 6.42 Å². The van der Waals surface area contributed by atoms with Gasteiger partial charge in [-0.25, -0.2) is 0 Å². The molecule has 0 aliphatic rings. The molecular formula is C26H36O3. The molecule has 2 aromatic carbocycles. The van der Waals surface area contributed by atoms with Gasteiger partial charge in [0.1, 0.15) is 11.5 Å². The van der Waals surface area contributed by atoms with E-state index in [1.807, 2.05) is 36.4 Å². The molecule has 158 valence electrons. The average Bonchev–Trinajstić information content (AvgIpc) is 2.74. The maximum atomic E-state index is 11.9. The minimum atomic E-state index is -0.168. The fraction of sp³-hybridized carbons (Fsp3) is 0.500. The molecule has 0 amide bonds. The molecule has 0 N–H and O–H groups in total. The molecule has 0 aromatic heterocycles. The Bertz CT molecular complexity index is 704. The van der Waals surface area contributed by atoms with Crippen molar-refractivity contribution in [3.8, 4) is 22.6 Å². The summed E-state index contributed by atoms with van der Waals surface area (Å²) in [6, 6.07) is 15.9. The number of rotatable bonds is 13. The molecule has 0 bridgehead atoms. The third-order valence-electron chi connectivity index (χ3n) is 5.25. The highest BCUT2D eigenvalue weighted by molar-refractivity contribution is 5.73. The molecule has 3 heteroatoms. The molecule has 29 heavy (non-hydrogen) atoms. The zero-order valence-corrected chi connectivity index (χ0v) is 18.3. The van der Waals surface area contributed by atoms with Gasteiger partial charge < -0.3 is 9.47 Å². The predicted molar refractivity (Wildman–Crippen MR) is 120 cm³/mol. The maximum Gasteiger partial charge on any atom is 0.311 e. The molecule has 0 saturated carbocycles. The van der Waals surface area contributed by atoms with Crippen LogP contribution in [0.2, 0.25) is 0 Å². The van der Waals surface area contributed by atoms with Gasteiger partial charge in [0.2, 0.25) is 0 Å². The third-order valence-corrected chi connectivity index (χ3v) is 5.25. The van der Waals surface area contributed by atoms with E-state index in [-0.39, 0.29) is 5.97 Å². The summed E-state index contributed by atoms with van der Waals surface area (Å²) < 4.78 is 11.3. The van der Waals surface area contributed by atoms with E-state index < -0.39 is 0 Å². The lowest BCUT2D eigenvalue weighted by Gasteiger charge is -2.10. The highest BCUT2D eigenvalue weighted by Crippen LogP contribution is 2.25. The standard InChI is InChI=1S/C26H36O3/c1-4-6-7-8-9-10-19-28-24-15-11-22(12-16-24)23-13-17-25(18-14-23)29-26(27)20-21(3)5-2/h11-18,21H,4-10,19-20H2,1-3H3. The summed E-state index contributed by atoms with van der Waals surface area (Å²) >= 11 is 0. The average molecular weight is 397 g/mol. The molecule has 0 spiro atoms. The first kappa shape index (κ1) is 23.0. The number of benzene rings is 2. The van der Waals surface area contributed by atoms with Crippen molar-refractivity contribution in [2.45, 2.75) is 72.1 Å². The van der Waals surface area contributed by atoms with Gasteiger partial charge in [0.25, 0.3) is 0 Å². The van der Waals surface area contributed by atoms with Crippen LogP contribution in [0.3, 0.4) is 0 Å². The second-order valence-electron chi connectivity index (χ2n) is 7.86. The smallest absolute Gasteiger partial charge is 0.311 e. The van der Waals surface area contributed by atoms with E-state index in [1.165, 1.54) is 32.1 Å². The monoisotopic (exact) mass is 396 g/mol. The Balaban J connectivity index is 1.78. The van der Waals surface area contributed by atoms with E-state index in [9.17, 15) is 4.79 Å². The first-order valence-electron chi connectivity index (χ1n) is 11.2. The van der Waals surface area contributed by atoms with Gasteiger partial charge in [-0.3, -0.25) is 4.79 Å². The second-order valence-corrected chi connectivity index (χ2v) is 7.86. The Kier molecular flexibility index (Phi) is 10.3. The SMILES string of the molecule is CCCCCCCCOc1ccc(-c2ccc(OC(=O)CC(C)CC)cc2)cc1. The van der Waals surface area contributed by atoms with E-state index in [4.69, 9.17) is 9.47 Å². The first-order valence-corrected chi connectivity index (χ1v) is 11.2. The van der Waals surface area contributed by atoms with Crippen molar-refractivity contribution in [2.75, 3.05) is 6.61 Å². The summed E-state index contributed by atoms with van der Waals surface area (Å²) in [5.41, 5.74) is 2.21. The minimum absolute atomic E-state index is 0.168. The van der Waals surface area contributed by atoms with E-state index in [2.05, 4.69) is 32.9 Å². The van der Waals surface area contributed by atoms with Gasteiger partial charge in [0.05, 0.1) is 6.61 Å². The van der Waals surface area contributed by atoms with E-state index in [0.717, 1.165) is 36.3 Å². The predicted octanol–water partition coefficient (Wildman–Crippen LogP) is 7.43. The van der Waals surface area contributed by atoms with Crippen LogP contribution >= 0.6 is 0 Å². The zero-order chi connectivity index (χ0) is 20.9. The Morgan fingerprint density at radius 2 is 1.34 bits per heavy atom. The Labute approximate surface area is 176 Å². The third kappa shape index (κ3) is 8.72. The summed E-state index contributed by atoms with van der Waals surface area (Å²) in [7, 11) is 0. The van der Waals surface area contributed by atoms with E-state index >= 15 is 0 Å². The summed E-state index contributed by atoms with van der Waals surface area (Å²) in [4.78, 5) is 11.9. The molecule has 3 nitrogen and oxygen atoms in total. The Morgan fingerprint density at radius 1 is 0.793 bits per heavy atom. The van der Waals surface area contributed by atoms with Crippen molar-refractivity contribution in [3.05, 3.63) is 48.5 Å². The number of ether oxygens (including phenoxy) is 2. The van der Waals surface area contributed by atoms with Crippen LogP contribution in [0.15, 0.2) is 48.5 Å². The largest absolute Gasteiger partial charge is 0.494 e. The lowest BCUT2D eigenvalue weighted by atomic mass is 10.1. The lowest BCUT2D eigenvalue weighted by Crippen LogP contribution is -2.11. The number of carbonyl (C=O) groups is 1. The van der Waals surface area contributed by atoms with E-state index in [0.29, 0.717) is 18.1 Å². The molecule has 0 aliphatic carbocycles. The van der Waals surface area contributed by atoms with Crippen LogP contribution in [0, 0.1) is 5.92 Å². The molecule has 0 aliphatic heterocycles. The lowest BCUT2D eigenvalue weighted by molar-refractivity contribution is -0.135. The quantitative estimate of drug-likeness (QED) is 0.200. The van der Waals surface area contributed by atoms with Crippen molar-refractivity contribution in [3.63, 3.8) is 0 Å². The highest BCUT2D eigenvalue weighted by atomic mass is 16.5. The van der Waals surface area contributed by atoms with Gasteiger partial charge >= 0.3 is 5.97 Å². The molecule has 0 radical (unpaired) electrons. The second kappa shape index (κ2) is 13.0. The Morgan fingerprint density at radius 3 is 1.93 bits per heavy atom. The van der Waals surface area contributed by atoms with E-state index in [1.54, 1.807) is 0 Å². The molecular weight excluding hydrogens is 360 g/mol. The van der Waals surface area contributed by atoms with Gasteiger partial charge in [-0.15, -0.1) is 0 Å². The molecule has 0 saturated heterocycles. The summed E-state index contributed by atoms with van der Waals surface area (Å²) in [6.07, 6.45) is 9.05. The van der Waals surface area contributed by atoms with Gasteiger partial charge in [0.15, 0.2) is 0 Å². The van der Waals surface area contributed by atoms with Crippen LogP contribution in [0.4, 0.5) is 0 Å². The summed E-state index contributed by atoms with van der Waals surface area (Å²) in [5, 5.41) is 0. The van der Waals surface area contributed by atoms with Crippen molar-refractivity contribution in [2.24, 2.45) is 5.92 Å². The van der Waals surface area contributed by atoms with Gasteiger partial charge in [-0.05, 0) is 47.7 Å². The van der Waals surface area contributed by atoms with Gasteiger partial charge in [-0.2, -0.15) is 0 Å². The molecule has 2 rings (SSSR count). The maximum absolute atomic E-state index is 11.9. The molecule has 2 aromatic rings. The zero-order valence-electron chi connectivity index (χ0n) is 18.3. The molecule has 0 heterocycles. The normalized spacial score (nSPS) is 11.8. The Hall–Kier alpha value is -2.29. The first-order chi connectivity index (χ1) is 14.1. The fourth-order valence-electron chi connectivity index (χ4n) is 3.13. The van der Waals surface area contributed by atoms with Crippen molar-refractivity contribution >= 4 is 5.97 Å². The van der Waals surface area contributed by atoms with Crippen LogP contribution in [-0.2, 0) is 4.79 Å². The van der Waals surface area contributed by atoms with Crippen LogP contribution in [0.25, 0.3) is 11.1 Å². The van der Waals surface area contributed by atoms with Crippen molar-refractivity contribution in [1.82, 2.24) is 0 Å². The van der Waals surface area contributed by atoms with Crippen LogP contribution in [0.1, 0.15) is 72.1 Å². The molecule has 1 atom stereocenters. The van der Waals surface area contributed by atoms with Crippen molar-refractivity contribution in [1.29, 1.82) is 0 Å². The minimum Gasteiger partial charge on any atom is -0.494 e. The summed E-state index contributed by atoms with van der Waals surface area (Å²) in [6.45, 7) is 7.16. The van der Waals surface area contributed by atoms with Crippen molar-refractivity contribution < 1.29 is 14.3 Å². The van der Waals surface area contributed by atoms with Crippen LogP contribution < -0.4 is 9.47 Å². The fourth-order valence-corrected chi connectivity index (χ4v) is 3.13. The topological polar surface area (TPSA) is 35.5 Å².